The third-order valence-electron chi connectivity index (χ3n) is 3.50. The first-order chi connectivity index (χ1) is 8.28. The Morgan fingerprint density at radius 3 is 2.56 bits per heavy atom. The van der Waals surface area contributed by atoms with E-state index in [0.717, 1.165) is 5.41 Å². The first-order valence-corrected chi connectivity index (χ1v) is 7.30. The molecule has 18 heavy (non-hydrogen) atoms. The lowest BCUT2D eigenvalue weighted by atomic mass is 9.80. The molecule has 1 heterocycles. The molecule has 2 amide bonds. The molecule has 6 nitrogen and oxygen atoms in total. The first-order valence-electron chi connectivity index (χ1n) is 5.69. The molecule has 0 aromatic rings. The van der Waals surface area contributed by atoms with Gasteiger partial charge < -0.3 is 10.6 Å². The third kappa shape index (κ3) is 2.55. The maximum Gasteiger partial charge on any atom is 0.228 e. The highest BCUT2D eigenvalue weighted by atomic mass is 32.2. The van der Waals surface area contributed by atoms with Crippen LogP contribution in [0.5, 0.6) is 0 Å². The molecule has 0 saturated carbocycles. The van der Waals surface area contributed by atoms with Crippen LogP contribution in [0.25, 0.3) is 0 Å². The molecule has 2 N–H and O–H groups in total. The van der Waals surface area contributed by atoms with Gasteiger partial charge in [-0.3, -0.25) is 9.59 Å². The normalized spacial score (nSPS) is 29.8. The standard InChI is InChI=1S/C11H18N2O4S/c1-4-11(3)8(18(16,17)5-2)6-9(14)12-7-13-10(11)15/h5,8H,2,4,6-7H2,1,3H3,(H,12,14)(H,13,15). The molecule has 1 aliphatic rings. The Balaban J connectivity index is 3.30. The van der Waals surface area contributed by atoms with E-state index >= 15 is 0 Å². The minimum atomic E-state index is -3.70. The van der Waals surface area contributed by atoms with Gasteiger partial charge >= 0.3 is 0 Å². The Labute approximate surface area is 107 Å². The molecule has 0 aromatic carbocycles. The lowest BCUT2D eigenvalue weighted by Gasteiger charge is -2.35. The topological polar surface area (TPSA) is 92.3 Å². The molecule has 2 unspecified atom stereocenters. The average Bonchev–Trinajstić information content (AvgIpc) is 2.33. The van der Waals surface area contributed by atoms with Crippen LogP contribution in [0.3, 0.4) is 0 Å². The summed E-state index contributed by atoms with van der Waals surface area (Å²) < 4.78 is 24.0. The summed E-state index contributed by atoms with van der Waals surface area (Å²) in [4.78, 5) is 23.6. The Morgan fingerprint density at radius 1 is 1.44 bits per heavy atom. The van der Waals surface area contributed by atoms with Crippen LogP contribution in [-0.2, 0) is 19.4 Å². The number of carbonyl (C=O) groups is 2. The minimum absolute atomic E-state index is 0.0219. The monoisotopic (exact) mass is 274 g/mol. The second kappa shape index (κ2) is 5.09. The van der Waals surface area contributed by atoms with Crippen molar-refractivity contribution in [2.75, 3.05) is 6.67 Å². The number of rotatable bonds is 3. The zero-order chi connectivity index (χ0) is 14.0. The highest BCUT2D eigenvalue weighted by molar-refractivity contribution is 7.94. The number of hydrogen-bond acceptors (Lipinski definition) is 4. The summed E-state index contributed by atoms with van der Waals surface area (Å²) in [5.74, 6) is -0.773. The summed E-state index contributed by atoms with van der Waals surface area (Å²) in [6.45, 7) is 6.57. The maximum atomic E-state index is 12.0. The summed E-state index contributed by atoms with van der Waals surface area (Å²) in [5.41, 5.74) is -1.13. The zero-order valence-electron chi connectivity index (χ0n) is 10.5. The molecule has 0 aliphatic carbocycles. The zero-order valence-corrected chi connectivity index (χ0v) is 11.3. The van der Waals surface area contributed by atoms with E-state index < -0.39 is 26.4 Å². The van der Waals surface area contributed by atoms with Crippen LogP contribution < -0.4 is 10.6 Å². The van der Waals surface area contributed by atoms with Crippen molar-refractivity contribution in [2.45, 2.75) is 31.9 Å². The van der Waals surface area contributed by atoms with Crippen LogP contribution >= 0.6 is 0 Å². The van der Waals surface area contributed by atoms with E-state index in [1.165, 1.54) is 0 Å². The van der Waals surface area contributed by atoms with Gasteiger partial charge in [0.25, 0.3) is 0 Å². The number of carbonyl (C=O) groups excluding carboxylic acids is 2. The van der Waals surface area contributed by atoms with Crippen LogP contribution in [0.4, 0.5) is 0 Å². The number of hydrogen-bond donors (Lipinski definition) is 2. The van der Waals surface area contributed by atoms with Gasteiger partial charge in [-0.1, -0.05) is 13.5 Å². The van der Waals surface area contributed by atoms with E-state index in [4.69, 9.17) is 0 Å². The van der Waals surface area contributed by atoms with E-state index in [0.29, 0.717) is 6.42 Å². The van der Waals surface area contributed by atoms with Crippen LogP contribution in [0.2, 0.25) is 0 Å². The summed E-state index contributed by atoms with van der Waals surface area (Å²) in [5, 5.41) is 4.67. The molecule has 0 bridgehead atoms. The van der Waals surface area contributed by atoms with Gasteiger partial charge in [0.15, 0.2) is 9.84 Å². The fourth-order valence-corrected chi connectivity index (χ4v) is 3.63. The smallest absolute Gasteiger partial charge is 0.228 e. The predicted octanol–water partition coefficient (Wildman–Crippen LogP) is -0.0768. The highest BCUT2D eigenvalue weighted by Crippen LogP contribution is 2.34. The van der Waals surface area contributed by atoms with Gasteiger partial charge in [0.1, 0.15) is 0 Å². The molecule has 7 heteroatoms. The fourth-order valence-electron chi connectivity index (χ4n) is 2.02. The molecule has 1 aliphatic heterocycles. The van der Waals surface area contributed by atoms with Gasteiger partial charge in [-0.05, 0) is 13.3 Å². The lowest BCUT2D eigenvalue weighted by Crippen LogP contribution is -2.55. The average molecular weight is 274 g/mol. The minimum Gasteiger partial charge on any atom is -0.339 e. The first kappa shape index (κ1) is 14.7. The Bertz CT molecular complexity index is 471. The SMILES string of the molecule is C=CS(=O)(=O)C1CC(=O)NCNC(=O)C1(C)CC. The molecule has 2 atom stereocenters. The second-order valence-corrected chi connectivity index (χ2v) is 6.58. The molecular weight excluding hydrogens is 256 g/mol. The molecule has 0 aromatic heterocycles. The van der Waals surface area contributed by atoms with Crippen molar-refractivity contribution in [1.29, 1.82) is 0 Å². The Kier molecular flexibility index (Phi) is 4.16. The van der Waals surface area contributed by atoms with Gasteiger partial charge in [-0.2, -0.15) is 0 Å². The van der Waals surface area contributed by atoms with Crippen molar-refractivity contribution in [2.24, 2.45) is 5.41 Å². The number of sulfone groups is 1. The Hall–Kier alpha value is -1.37. The van der Waals surface area contributed by atoms with Crippen molar-refractivity contribution in [3.8, 4) is 0 Å². The van der Waals surface area contributed by atoms with Crippen molar-refractivity contribution in [1.82, 2.24) is 10.6 Å². The Morgan fingerprint density at radius 2 is 2.06 bits per heavy atom. The van der Waals surface area contributed by atoms with E-state index in [1.807, 2.05) is 0 Å². The largest absolute Gasteiger partial charge is 0.339 e. The molecule has 0 radical (unpaired) electrons. The van der Waals surface area contributed by atoms with Gasteiger partial charge in [-0.15, -0.1) is 0 Å². The summed E-state index contributed by atoms with van der Waals surface area (Å²) in [6.07, 6.45) is 0.0932. The third-order valence-corrected chi connectivity index (χ3v) is 5.44. The van der Waals surface area contributed by atoms with Crippen LogP contribution in [0.15, 0.2) is 12.0 Å². The summed E-state index contributed by atoms with van der Waals surface area (Å²) in [7, 11) is -3.70. The number of amides is 2. The molecule has 1 fully saturated rings. The van der Waals surface area contributed by atoms with Crippen molar-refractivity contribution < 1.29 is 18.0 Å². The molecule has 1 saturated heterocycles. The molecule has 102 valence electrons. The second-order valence-electron chi connectivity index (χ2n) is 4.50. The van der Waals surface area contributed by atoms with E-state index in [-0.39, 0.29) is 19.0 Å². The van der Waals surface area contributed by atoms with Crippen LogP contribution in [-0.4, -0.2) is 32.2 Å². The number of nitrogens with one attached hydrogen (secondary N) is 2. The van der Waals surface area contributed by atoms with Crippen LogP contribution in [0.1, 0.15) is 26.7 Å². The van der Waals surface area contributed by atoms with E-state index in [2.05, 4.69) is 17.2 Å². The van der Waals surface area contributed by atoms with Gasteiger partial charge in [0.05, 0.1) is 17.3 Å². The molecule has 1 rings (SSSR count). The lowest BCUT2D eigenvalue weighted by molar-refractivity contribution is -0.133. The van der Waals surface area contributed by atoms with E-state index in [1.54, 1.807) is 13.8 Å². The molecule has 0 spiro atoms. The fraction of sp³-hybridized carbons (Fsp3) is 0.636. The summed E-state index contributed by atoms with van der Waals surface area (Å²) >= 11 is 0. The van der Waals surface area contributed by atoms with E-state index in [9.17, 15) is 18.0 Å². The quantitative estimate of drug-likeness (QED) is 0.753. The van der Waals surface area contributed by atoms with Gasteiger partial charge in [0.2, 0.25) is 11.8 Å². The van der Waals surface area contributed by atoms with Gasteiger partial charge in [-0.25, -0.2) is 8.42 Å². The molecular formula is C11H18N2O4S. The van der Waals surface area contributed by atoms with Gasteiger partial charge in [0, 0.05) is 11.8 Å². The highest BCUT2D eigenvalue weighted by Gasteiger charge is 2.47. The maximum absolute atomic E-state index is 12.0. The van der Waals surface area contributed by atoms with Crippen LogP contribution in [0, 0.1) is 5.41 Å². The summed E-state index contributed by atoms with van der Waals surface area (Å²) in [6, 6.07) is 0. The van der Waals surface area contributed by atoms with Crippen molar-refractivity contribution >= 4 is 21.7 Å². The predicted molar refractivity (Wildman–Crippen MR) is 67.1 cm³/mol. The van der Waals surface area contributed by atoms with Crippen molar-refractivity contribution in [3.05, 3.63) is 12.0 Å². The van der Waals surface area contributed by atoms with Crippen molar-refractivity contribution in [3.63, 3.8) is 0 Å².